The van der Waals surface area contributed by atoms with Crippen molar-refractivity contribution in [1.29, 1.82) is 0 Å². The Balaban J connectivity index is 1.39. The van der Waals surface area contributed by atoms with Crippen molar-refractivity contribution in [3.63, 3.8) is 0 Å². The Kier molecular flexibility index (Phi) is 6.94. The number of aromatic amines is 1. The number of carbonyl (C=O) groups is 2. The molecule has 0 radical (unpaired) electrons. The molecule has 3 aromatic rings. The largest absolute Gasteiger partial charge is 0.631 e. The Bertz CT molecular complexity index is 1490. The first kappa shape index (κ1) is 28.2. The molecular formula is C31H33N6O5S-. The number of fused-ring (bicyclic) bond motifs is 1. The van der Waals surface area contributed by atoms with Gasteiger partial charge in [0.1, 0.15) is 11.4 Å². The fourth-order valence-electron chi connectivity index (χ4n) is 7.83. The lowest BCUT2D eigenvalue weighted by atomic mass is 9.81. The minimum atomic E-state index is -1.75. The van der Waals surface area contributed by atoms with E-state index in [0.29, 0.717) is 12.0 Å². The molecule has 0 bridgehead atoms. The van der Waals surface area contributed by atoms with Gasteiger partial charge >= 0.3 is 0 Å². The minimum absolute atomic E-state index is 0.0300. The van der Waals surface area contributed by atoms with Crippen molar-refractivity contribution in [2.75, 3.05) is 13.7 Å². The van der Waals surface area contributed by atoms with Crippen molar-refractivity contribution in [3.8, 4) is 0 Å². The van der Waals surface area contributed by atoms with E-state index in [1.165, 1.54) is 7.11 Å². The Hall–Kier alpha value is -3.55. The van der Waals surface area contributed by atoms with Gasteiger partial charge in [-0.25, -0.2) is 0 Å². The molecule has 43 heavy (non-hydrogen) atoms. The van der Waals surface area contributed by atoms with Crippen molar-refractivity contribution < 1.29 is 19.1 Å². The van der Waals surface area contributed by atoms with Crippen molar-refractivity contribution in [3.05, 3.63) is 106 Å². The molecule has 2 amide bonds. The number of thioether (sulfide) groups is 1. The summed E-state index contributed by atoms with van der Waals surface area (Å²) in [5, 5.41) is 37.6. The SMILES string of the molecule is CO[C@H]1C(=O)N2C=C(C3CC(C(N)=O)CC[N+]3([O-])[O-])C(C3C(Cc4c[nH]nn4)C3(c3ccccc3)c3ccccc3)S[C@@H]12. The molecule has 1 saturated carbocycles. The molecular weight excluding hydrogens is 568 g/mol. The van der Waals surface area contributed by atoms with Crippen molar-refractivity contribution in [1.82, 2.24) is 20.3 Å². The van der Waals surface area contributed by atoms with E-state index in [1.54, 1.807) is 29.1 Å². The first-order valence-corrected chi connectivity index (χ1v) is 15.5. The second-order valence-corrected chi connectivity index (χ2v) is 13.2. The van der Waals surface area contributed by atoms with Crippen LogP contribution in [0.3, 0.4) is 0 Å². The van der Waals surface area contributed by atoms with Crippen molar-refractivity contribution in [2.45, 2.75) is 47.4 Å². The average molecular weight is 602 g/mol. The Morgan fingerprint density at radius 3 is 2.42 bits per heavy atom. The maximum atomic E-state index is 13.6. The summed E-state index contributed by atoms with van der Waals surface area (Å²) in [6.07, 6.45) is 3.70. The second kappa shape index (κ2) is 10.6. The van der Waals surface area contributed by atoms with E-state index in [-0.39, 0.29) is 47.8 Å². The third-order valence-corrected chi connectivity index (χ3v) is 11.5. The molecule has 1 aliphatic carbocycles. The molecule has 5 unspecified atom stereocenters. The Morgan fingerprint density at radius 2 is 1.84 bits per heavy atom. The summed E-state index contributed by atoms with van der Waals surface area (Å²) < 4.78 is 5.57. The van der Waals surface area contributed by atoms with Crippen LogP contribution in [0.2, 0.25) is 0 Å². The zero-order valence-electron chi connectivity index (χ0n) is 23.6. The molecule has 12 heteroatoms. The van der Waals surface area contributed by atoms with E-state index >= 15 is 0 Å². The highest BCUT2D eigenvalue weighted by molar-refractivity contribution is 8.01. The fourth-order valence-corrected chi connectivity index (χ4v) is 9.74. The van der Waals surface area contributed by atoms with Crippen LogP contribution < -0.4 is 5.73 Å². The topological polar surface area (TPSA) is 160 Å². The van der Waals surface area contributed by atoms with E-state index in [1.807, 2.05) is 36.4 Å². The summed E-state index contributed by atoms with van der Waals surface area (Å²) in [6, 6.07) is 19.5. The standard InChI is InChI=1S/C31H33N6O5S/c1-42-26-29(39)36-17-22(24-14-18(28(32)38)12-13-37(24,40)41)27(43-30(26)36)25-23(15-21-16-33-35-34-21)31(25,19-8-4-2-5-9-19)20-10-6-3-7-11-20/h2-11,16-18,23-27,30H,12-15H2,1H3,(H2,32,38)(H,33,34,35)/q-1/t18?,23?,24?,25?,26-,27?,30-/m0/s1. The molecule has 3 fully saturated rings. The lowest BCUT2D eigenvalue weighted by Crippen LogP contribution is -2.65. The molecule has 0 spiro atoms. The molecule has 1 aromatic heterocycles. The molecule has 224 valence electrons. The summed E-state index contributed by atoms with van der Waals surface area (Å²) in [4.78, 5) is 25.1. The number of rotatable bonds is 8. The molecule has 3 aliphatic heterocycles. The van der Waals surface area contributed by atoms with E-state index in [9.17, 15) is 20.0 Å². The molecule has 2 aromatic carbocycles. The number of nitrogens with one attached hydrogen (secondary N) is 1. The summed E-state index contributed by atoms with van der Waals surface area (Å²) >= 11 is 1.57. The zero-order chi connectivity index (χ0) is 29.9. The third kappa shape index (κ3) is 4.42. The molecule has 7 atom stereocenters. The lowest BCUT2D eigenvalue weighted by Gasteiger charge is -2.59. The average Bonchev–Trinajstić information content (AvgIpc) is 3.35. The molecule has 2 saturated heterocycles. The lowest BCUT2D eigenvalue weighted by molar-refractivity contribution is -0.858. The van der Waals surface area contributed by atoms with E-state index in [0.717, 1.165) is 16.8 Å². The number of nitrogens with two attached hydrogens (primary N) is 1. The summed E-state index contributed by atoms with van der Waals surface area (Å²) in [7, 11) is 1.52. The van der Waals surface area contributed by atoms with E-state index in [4.69, 9.17) is 10.5 Å². The monoisotopic (exact) mass is 601 g/mol. The van der Waals surface area contributed by atoms with Crippen molar-refractivity contribution in [2.24, 2.45) is 23.5 Å². The van der Waals surface area contributed by atoms with Crippen LogP contribution in [0, 0.1) is 28.2 Å². The highest BCUT2D eigenvalue weighted by Gasteiger charge is 2.71. The van der Waals surface area contributed by atoms with Gasteiger partial charge < -0.3 is 30.6 Å². The van der Waals surface area contributed by atoms with Crippen LogP contribution >= 0.6 is 11.8 Å². The molecule has 4 heterocycles. The number of carbonyl (C=O) groups excluding carboxylic acids is 2. The van der Waals surface area contributed by atoms with Gasteiger partial charge in [-0.1, -0.05) is 65.9 Å². The smallest absolute Gasteiger partial charge is 0.259 e. The number of aromatic nitrogens is 3. The predicted octanol–water partition coefficient (Wildman–Crippen LogP) is 2.84. The van der Waals surface area contributed by atoms with Crippen molar-refractivity contribution >= 4 is 23.6 Å². The van der Waals surface area contributed by atoms with Gasteiger partial charge in [0.15, 0.2) is 6.10 Å². The van der Waals surface area contributed by atoms with Crippen LogP contribution in [0.5, 0.6) is 0 Å². The van der Waals surface area contributed by atoms with Gasteiger partial charge in [-0.3, -0.25) is 14.7 Å². The predicted molar refractivity (Wildman–Crippen MR) is 159 cm³/mol. The number of nitrogens with zero attached hydrogens (tertiary/aromatic N) is 4. The van der Waals surface area contributed by atoms with Crippen LogP contribution in [0.25, 0.3) is 0 Å². The number of β-lactam (4-membered cyclic amide) rings is 1. The summed E-state index contributed by atoms with van der Waals surface area (Å²) in [5.74, 6) is -1.35. The van der Waals surface area contributed by atoms with Crippen LogP contribution in [0.15, 0.2) is 78.6 Å². The molecule has 7 rings (SSSR count). The highest BCUT2D eigenvalue weighted by Crippen LogP contribution is 2.70. The van der Waals surface area contributed by atoms with Gasteiger partial charge in [0.05, 0.1) is 12.2 Å². The van der Waals surface area contributed by atoms with Crippen LogP contribution in [0.1, 0.15) is 29.7 Å². The van der Waals surface area contributed by atoms with Gasteiger partial charge in [0.2, 0.25) is 5.91 Å². The number of quaternary nitrogens is 1. The second-order valence-electron chi connectivity index (χ2n) is 12.0. The Labute approximate surface area is 253 Å². The number of H-pyrrole nitrogens is 1. The van der Waals surface area contributed by atoms with Crippen LogP contribution in [0.4, 0.5) is 0 Å². The van der Waals surface area contributed by atoms with Gasteiger partial charge in [-0.2, -0.15) is 0 Å². The summed E-state index contributed by atoms with van der Waals surface area (Å²) in [6.45, 7) is -0.263. The number of piperidine rings is 1. The number of benzene rings is 2. The summed E-state index contributed by atoms with van der Waals surface area (Å²) in [5.41, 5.74) is 8.88. The number of primary amides is 1. The number of hydrogen-bond donors (Lipinski definition) is 2. The fraction of sp³-hybridized carbons (Fsp3) is 0.419. The van der Waals surface area contributed by atoms with E-state index < -0.39 is 34.2 Å². The molecule has 11 nitrogen and oxygen atoms in total. The Morgan fingerprint density at radius 1 is 1.16 bits per heavy atom. The number of ether oxygens (including phenoxy) is 1. The number of hydroxylamine groups is 4. The third-order valence-electron chi connectivity index (χ3n) is 9.91. The minimum Gasteiger partial charge on any atom is -0.631 e. The van der Waals surface area contributed by atoms with E-state index in [2.05, 4.69) is 39.7 Å². The molecule has 3 N–H and O–H groups in total. The van der Waals surface area contributed by atoms with Gasteiger partial charge in [0, 0.05) is 54.5 Å². The number of hydrogen-bond acceptors (Lipinski definition) is 8. The maximum absolute atomic E-state index is 13.6. The zero-order valence-corrected chi connectivity index (χ0v) is 24.4. The molecule has 4 aliphatic rings. The normalized spacial score (nSPS) is 32.3. The van der Waals surface area contributed by atoms with Crippen LogP contribution in [-0.2, 0) is 26.2 Å². The van der Waals surface area contributed by atoms with Gasteiger partial charge in [-0.05, 0) is 29.4 Å². The first-order valence-electron chi connectivity index (χ1n) is 14.5. The first-order chi connectivity index (χ1) is 20.8. The number of methoxy groups -OCH3 is 1. The van der Waals surface area contributed by atoms with Gasteiger partial charge in [-0.15, -0.1) is 16.9 Å². The van der Waals surface area contributed by atoms with Gasteiger partial charge in [0.25, 0.3) is 5.91 Å². The number of amides is 2. The highest BCUT2D eigenvalue weighted by atomic mass is 32.2. The maximum Gasteiger partial charge on any atom is 0.259 e. The van der Waals surface area contributed by atoms with Crippen LogP contribution in [-0.4, -0.2) is 73.4 Å². The quantitative estimate of drug-likeness (QED) is 0.226.